The van der Waals surface area contributed by atoms with E-state index in [2.05, 4.69) is 9.97 Å². The van der Waals surface area contributed by atoms with Gasteiger partial charge in [0.2, 0.25) is 0 Å². The summed E-state index contributed by atoms with van der Waals surface area (Å²) in [5, 5.41) is 9.43. The fraction of sp³-hybridized carbons (Fsp3) is 0.389. The van der Waals surface area contributed by atoms with Crippen molar-refractivity contribution in [2.24, 2.45) is 0 Å². The van der Waals surface area contributed by atoms with Crippen LogP contribution in [0.25, 0.3) is 0 Å². The molecule has 1 aromatic heterocycles. The molecule has 1 atom stereocenters. The molecule has 1 aromatic carbocycles. The van der Waals surface area contributed by atoms with Crippen LogP contribution in [0.1, 0.15) is 35.4 Å². The van der Waals surface area contributed by atoms with Gasteiger partial charge in [-0.05, 0) is 43.5 Å². The molecular weight excluding hydrogens is 341 g/mol. The van der Waals surface area contributed by atoms with Gasteiger partial charge in [-0.25, -0.2) is 9.37 Å². The van der Waals surface area contributed by atoms with Crippen LogP contribution in [0, 0.1) is 5.82 Å². The third-order valence-corrected chi connectivity index (χ3v) is 4.37. The largest absolute Gasteiger partial charge is 0.486 e. The topological polar surface area (TPSA) is 95.5 Å². The number of aliphatic hydroxyl groups excluding tert-OH is 1. The number of nitrogens with zero attached hydrogens (tertiary/aromatic N) is 2. The summed E-state index contributed by atoms with van der Waals surface area (Å²) in [6.07, 6.45) is 3.74. The van der Waals surface area contributed by atoms with E-state index in [0.717, 1.165) is 19.3 Å². The van der Waals surface area contributed by atoms with Crippen LogP contribution < -0.4 is 10.3 Å². The molecule has 1 amide bonds. The number of benzene rings is 1. The predicted octanol–water partition coefficient (Wildman–Crippen LogP) is 1.47. The van der Waals surface area contributed by atoms with Crippen LogP contribution >= 0.6 is 0 Å². The van der Waals surface area contributed by atoms with Gasteiger partial charge in [0.1, 0.15) is 29.6 Å². The second-order valence-corrected chi connectivity index (χ2v) is 6.15. The Balaban J connectivity index is 1.69. The van der Waals surface area contributed by atoms with Gasteiger partial charge >= 0.3 is 0 Å². The van der Waals surface area contributed by atoms with Gasteiger partial charge in [0.05, 0.1) is 12.6 Å². The van der Waals surface area contributed by atoms with Gasteiger partial charge in [-0.1, -0.05) is 0 Å². The summed E-state index contributed by atoms with van der Waals surface area (Å²) in [4.78, 5) is 33.0. The Hall–Kier alpha value is -2.74. The molecule has 1 aliphatic heterocycles. The molecule has 7 nitrogen and oxygen atoms in total. The number of H-pyrrole nitrogens is 1. The maximum Gasteiger partial charge on any atom is 0.263 e. The standard InChI is InChI=1S/C18H20FN3O4/c19-12-4-6-14(7-5-12)26-11-16-20-9-15(17(24)21-16)18(25)22-8-2-1-3-13(22)10-23/h4-7,9,13,23H,1-3,8,10-11H2,(H,20,21,24). The summed E-state index contributed by atoms with van der Waals surface area (Å²) < 4.78 is 18.3. The van der Waals surface area contributed by atoms with Crippen LogP contribution in [0.3, 0.4) is 0 Å². The van der Waals surface area contributed by atoms with Gasteiger partial charge in [-0.2, -0.15) is 0 Å². The monoisotopic (exact) mass is 361 g/mol. The lowest BCUT2D eigenvalue weighted by atomic mass is 10.0. The number of aromatic nitrogens is 2. The Morgan fingerprint density at radius 3 is 2.81 bits per heavy atom. The quantitative estimate of drug-likeness (QED) is 0.841. The second-order valence-electron chi connectivity index (χ2n) is 6.15. The molecule has 1 unspecified atom stereocenters. The van der Waals surface area contributed by atoms with Gasteiger partial charge in [-0.15, -0.1) is 0 Å². The lowest BCUT2D eigenvalue weighted by Gasteiger charge is -2.34. The SMILES string of the molecule is O=C(c1cnc(COc2ccc(F)cc2)[nH]c1=O)N1CCCCC1CO. The molecule has 26 heavy (non-hydrogen) atoms. The lowest BCUT2D eigenvalue weighted by Crippen LogP contribution is -2.47. The number of amides is 1. The molecule has 8 heteroatoms. The Labute approximate surface area is 149 Å². The van der Waals surface area contributed by atoms with Crippen LogP contribution in [-0.4, -0.2) is 45.1 Å². The number of aromatic amines is 1. The van der Waals surface area contributed by atoms with E-state index >= 15 is 0 Å². The molecule has 2 heterocycles. The fourth-order valence-electron chi connectivity index (χ4n) is 2.95. The van der Waals surface area contributed by atoms with E-state index in [1.165, 1.54) is 35.4 Å². The highest BCUT2D eigenvalue weighted by Crippen LogP contribution is 2.18. The summed E-state index contributed by atoms with van der Waals surface area (Å²) >= 11 is 0. The number of hydrogen-bond donors (Lipinski definition) is 2. The maximum atomic E-state index is 12.9. The predicted molar refractivity (Wildman–Crippen MR) is 91.4 cm³/mol. The molecule has 0 radical (unpaired) electrons. The van der Waals surface area contributed by atoms with E-state index < -0.39 is 11.5 Å². The van der Waals surface area contributed by atoms with Crippen molar-refractivity contribution in [1.29, 1.82) is 0 Å². The first kappa shape index (κ1) is 18.1. The van der Waals surface area contributed by atoms with Crippen molar-refractivity contribution < 1.29 is 19.0 Å². The molecule has 0 aliphatic carbocycles. The molecule has 0 saturated carbocycles. The summed E-state index contributed by atoms with van der Waals surface area (Å²) in [7, 11) is 0. The Kier molecular flexibility index (Phi) is 5.62. The highest BCUT2D eigenvalue weighted by molar-refractivity contribution is 5.93. The van der Waals surface area contributed by atoms with Crippen molar-refractivity contribution in [3.63, 3.8) is 0 Å². The van der Waals surface area contributed by atoms with Gasteiger partial charge in [-0.3, -0.25) is 9.59 Å². The highest BCUT2D eigenvalue weighted by atomic mass is 19.1. The van der Waals surface area contributed by atoms with Gasteiger partial charge in [0, 0.05) is 12.7 Å². The molecule has 2 aromatic rings. The molecule has 1 aliphatic rings. The normalized spacial score (nSPS) is 17.2. The molecular formula is C18H20FN3O4. The van der Waals surface area contributed by atoms with E-state index in [-0.39, 0.29) is 36.5 Å². The summed E-state index contributed by atoms with van der Waals surface area (Å²) in [6.45, 7) is 0.373. The third-order valence-electron chi connectivity index (χ3n) is 4.37. The van der Waals surface area contributed by atoms with E-state index in [1.54, 1.807) is 0 Å². The minimum absolute atomic E-state index is 0.0156. The number of likely N-dealkylation sites (tertiary alicyclic amines) is 1. The first-order valence-corrected chi connectivity index (χ1v) is 8.47. The molecule has 3 rings (SSSR count). The highest BCUT2D eigenvalue weighted by Gasteiger charge is 2.28. The number of carbonyl (C=O) groups is 1. The van der Waals surface area contributed by atoms with Crippen molar-refractivity contribution in [2.45, 2.75) is 31.9 Å². The number of aliphatic hydroxyl groups is 1. The van der Waals surface area contributed by atoms with Gasteiger partial charge in [0.25, 0.3) is 11.5 Å². The minimum Gasteiger partial charge on any atom is -0.486 e. The number of nitrogens with one attached hydrogen (secondary N) is 1. The van der Waals surface area contributed by atoms with Crippen molar-refractivity contribution >= 4 is 5.91 Å². The van der Waals surface area contributed by atoms with E-state index in [1.807, 2.05) is 0 Å². The van der Waals surface area contributed by atoms with E-state index in [4.69, 9.17) is 4.74 Å². The molecule has 0 bridgehead atoms. The average molecular weight is 361 g/mol. The summed E-state index contributed by atoms with van der Waals surface area (Å²) in [6, 6.07) is 5.21. The fourth-order valence-corrected chi connectivity index (χ4v) is 2.95. The minimum atomic E-state index is -0.551. The maximum absolute atomic E-state index is 12.9. The number of ether oxygens (including phenoxy) is 1. The Morgan fingerprint density at radius 1 is 1.35 bits per heavy atom. The van der Waals surface area contributed by atoms with Crippen LogP contribution in [0.4, 0.5) is 4.39 Å². The molecule has 1 saturated heterocycles. The van der Waals surface area contributed by atoms with Crippen LogP contribution in [0.15, 0.2) is 35.3 Å². The first-order chi connectivity index (χ1) is 12.6. The zero-order valence-electron chi connectivity index (χ0n) is 14.2. The zero-order valence-corrected chi connectivity index (χ0v) is 14.2. The Morgan fingerprint density at radius 2 is 2.12 bits per heavy atom. The molecule has 2 N–H and O–H groups in total. The zero-order chi connectivity index (χ0) is 18.5. The van der Waals surface area contributed by atoms with Gasteiger partial charge in [0.15, 0.2) is 0 Å². The summed E-state index contributed by atoms with van der Waals surface area (Å²) in [5.74, 6) is -0.101. The van der Waals surface area contributed by atoms with E-state index in [0.29, 0.717) is 12.3 Å². The van der Waals surface area contributed by atoms with Crippen LogP contribution in [0.2, 0.25) is 0 Å². The Bertz CT molecular complexity index is 822. The number of piperidine rings is 1. The van der Waals surface area contributed by atoms with Crippen molar-refractivity contribution in [3.05, 3.63) is 58.0 Å². The number of halogens is 1. The lowest BCUT2D eigenvalue weighted by molar-refractivity contribution is 0.0500. The first-order valence-electron chi connectivity index (χ1n) is 8.47. The average Bonchev–Trinajstić information content (AvgIpc) is 2.67. The summed E-state index contributed by atoms with van der Waals surface area (Å²) in [5.41, 5.74) is -0.610. The van der Waals surface area contributed by atoms with Crippen LogP contribution in [0.5, 0.6) is 5.75 Å². The van der Waals surface area contributed by atoms with Crippen LogP contribution in [-0.2, 0) is 6.61 Å². The smallest absolute Gasteiger partial charge is 0.263 e. The second kappa shape index (κ2) is 8.09. The number of hydrogen-bond acceptors (Lipinski definition) is 5. The molecule has 1 fully saturated rings. The van der Waals surface area contributed by atoms with E-state index in [9.17, 15) is 19.1 Å². The molecule has 138 valence electrons. The number of carbonyl (C=O) groups excluding carboxylic acids is 1. The third kappa shape index (κ3) is 4.08. The van der Waals surface area contributed by atoms with Gasteiger partial charge < -0.3 is 19.7 Å². The number of rotatable bonds is 5. The van der Waals surface area contributed by atoms with Crippen molar-refractivity contribution in [1.82, 2.24) is 14.9 Å². The molecule has 0 spiro atoms. The van der Waals surface area contributed by atoms with Crippen molar-refractivity contribution in [3.8, 4) is 5.75 Å². The van der Waals surface area contributed by atoms with Crippen molar-refractivity contribution in [2.75, 3.05) is 13.2 Å².